The van der Waals surface area contributed by atoms with E-state index in [2.05, 4.69) is 0 Å². The van der Waals surface area contributed by atoms with Crippen molar-refractivity contribution in [3.05, 3.63) is 40.7 Å². The van der Waals surface area contributed by atoms with E-state index in [4.69, 9.17) is 11.6 Å². The molecule has 1 N–H and O–H groups in total. The molecule has 0 unspecified atom stereocenters. The predicted octanol–water partition coefficient (Wildman–Crippen LogP) is 3.11. The van der Waals surface area contributed by atoms with Gasteiger partial charge in [-0.15, -0.1) is 0 Å². The number of aliphatic hydroxyl groups is 1. The molecule has 0 saturated carbocycles. The molecule has 110 valence electrons. The zero-order chi connectivity index (χ0) is 15.3. The number of hydrogen-bond donors (Lipinski definition) is 1. The molecular formula is C15H19ClFNO2. The lowest BCUT2D eigenvalue weighted by molar-refractivity contribution is -0.128. The lowest BCUT2D eigenvalue weighted by atomic mass is 10.1. The number of rotatable bonds is 5. The minimum atomic E-state index is -0.977. The van der Waals surface area contributed by atoms with E-state index >= 15 is 0 Å². The Labute approximate surface area is 123 Å². The van der Waals surface area contributed by atoms with Crippen LogP contribution in [0.25, 0.3) is 6.08 Å². The zero-order valence-corrected chi connectivity index (χ0v) is 12.6. The van der Waals surface area contributed by atoms with Crippen LogP contribution in [0.5, 0.6) is 0 Å². The molecule has 1 aromatic carbocycles. The quantitative estimate of drug-likeness (QED) is 0.849. The fraction of sp³-hybridized carbons (Fsp3) is 0.400. The fourth-order valence-electron chi connectivity index (χ4n) is 1.74. The van der Waals surface area contributed by atoms with Crippen molar-refractivity contribution in [1.29, 1.82) is 0 Å². The van der Waals surface area contributed by atoms with E-state index < -0.39 is 11.4 Å². The molecule has 1 rings (SSSR count). The minimum Gasteiger partial charge on any atom is -0.389 e. The summed E-state index contributed by atoms with van der Waals surface area (Å²) in [4.78, 5) is 13.5. The van der Waals surface area contributed by atoms with Crippen LogP contribution in [0.3, 0.4) is 0 Å². The van der Waals surface area contributed by atoms with Crippen molar-refractivity contribution in [3.8, 4) is 0 Å². The van der Waals surface area contributed by atoms with Gasteiger partial charge in [0.2, 0.25) is 5.91 Å². The average molecular weight is 300 g/mol. The standard InChI is InChI=1S/C15H19ClFNO2/c1-4-18(10-15(2,3)20)14(19)9-8-11-12(16)6-5-7-13(11)17/h5-9,20H,4,10H2,1-3H3. The van der Waals surface area contributed by atoms with E-state index in [9.17, 15) is 14.3 Å². The summed E-state index contributed by atoms with van der Waals surface area (Å²) in [6, 6.07) is 4.34. The van der Waals surface area contributed by atoms with Crippen LogP contribution in [0.1, 0.15) is 26.3 Å². The summed E-state index contributed by atoms with van der Waals surface area (Å²) in [5.74, 6) is -0.777. The van der Waals surface area contributed by atoms with E-state index in [1.165, 1.54) is 29.2 Å². The van der Waals surface area contributed by atoms with Gasteiger partial charge in [0.05, 0.1) is 10.6 Å². The van der Waals surface area contributed by atoms with Crippen molar-refractivity contribution < 1.29 is 14.3 Å². The first-order valence-corrected chi connectivity index (χ1v) is 6.76. The van der Waals surface area contributed by atoms with Crippen LogP contribution in [0.2, 0.25) is 5.02 Å². The molecule has 0 spiro atoms. The van der Waals surface area contributed by atoms with Gasteiger partial charge in [-0.1, -0.05) is 17.7 Å². The van der Waals surface area contributed by atoms with Crippen LogP contribution in [-0.4, -0.2) is 34.6 Å². The molecule has 0 saturated heterocycles. The molecule has 1 amide bonds. The second kappa shape index (κ2) is 6.86. The van der Waals surface area contributed by atoms with Gasteiger partial charge in [0.15, 0.2) is 0 Å². The summed E-state index contributed by atoms with van der Waals surface area (Å²) in [6.45, 7) is 5.73. The Morgan fingerprint density at radius 3 is 2.65 bits per heavy atom. The molecule has 0 bridgehead atoms. The molecule has 0 heterocycles. The van der Waals surface area contributed by atoms with Gasteiger partial charge in [0.1, 0.15) is 5.82 Å². The molecule has 1 aromatic rings. The van der Waals surface area contributed by atoms with Gasteiger partial charge in [-0.05, 0) is 39.0 Å². The zero-order valence-electron chi connectivity index (χ0n) is 11.9. The van der Waals surface area contributed by atoms with Gasteiger partial charge >= 0.3 is 0 Å². The molecule has 20 heavy (non-hydrogen) atoms. The van der Waals surface area contributed by atoms with Crippen LogP contribution in [0.4, 0.5) is 4.39 Å². The van der Waals surface area contributed by atoms with Crippen LogP contribution in [0.15, 0.2) is 24.3 Å². The summed E-state index contributed by atoms with van der Waals surface area (Å²) in [6.07, 6.45) is 2.62. The molecule has 0 atom stereocenters. The maximum atomic E-state index is 13.6. The molecule has 0 aliphatic rings. The number of hydrogen-bond acceptors (Lipinski definition) is 2. The average Bonchev–Trinajstić information content (AvgIpc) is 2.34. The largest absolute Gasteiger partial charge is 0.389 e. The third-order valence-electron chi connectivity index (χ3n) is 2.66. The highest BCUT2D eigenvalue weighted by Crippen LogP contribution is 2.20. The Kier molecular flexibility index (Phi) is 5.72. The first-order chi connectivity index (χ1) is 9.24. The van der Waals surface area contributed by atoms with E-state index in [1.807, 2.05) is 6.92 Å². The van der Waals surface area contributed by atoms with Crippen LogP contribution < -0.4 is 0 Å². The number of halogens is 2. The second-order valence-electron chi connectivity index (χ2n) is 5.13. The smallest absolute Gasteiger partial charge is 0.246 e. The highest BCUT2D eigenvalue weighted by Gasteiger charge is 2.19. The highest BCUT2D eigenvalue weighted by molar-refractivity contribution is 6.32. The molecule has 0 fully saturated rings. The Bertz CT molecular complexity index is 489. The maximum absolute atomic E-state index is 13.6. The van der Waals surface area contributed by atoms with Crippen molar-refractivity contribution in [2.75, 3.05) is 13.1 Å². The first kappa shape index (κ1) is 16.7. The second-order valence-corrected chi connectivity index (χ2v) is 5.54. The lowest BCUT2D eigenvalue weighted by Gasteiger charge is -2.27. The van der Waals surface area contributed by atoms with E-state index in [-0.39, 0.29) is 23.0 Å². The minimum absolute atomic E-state index is 0.182. The maximum Gasteiger partial charge on any atom is 0.246 e. The molecule has 0 radical (unpaired) electrons. The number of likely N-dealkylation sites (N-methyl/N-ethyl adjacent to an activating group) is 1. The summed E-state index contributed by atoms with van der Waals surface area (Å²) < 4.78 is 13.6. The molecule has 5 heteroatoms. The van der Waals surface area contributed by atoms with E-state index in [0.717, 1.165) is 0 Å². The van der Waals surface area contributed by atoms with Crippen molar-refractivity contribution >= 4 is 23.6 Å². The molecular weight excluding hydrogens is 281 g/mol. The Morgan fingerprint density at radius 2 is 2.15 bits per heavy atom. The predicted molar refractivity (Wildman–Crippen MR) is 79.0 cm³/mol. The summed E-state index contributed by atoms with van der Waals surface area (Å²) in [7, 11) is 0. The van der Waals surface area contributed by atoms with Crippen LogP contribution in [0, 0.1) is 5.82 Å². The van der Waals surface area contributed by atoms with Gasteiger partial charge in [-0.25, -0.2) is 4.39 Å². The topological polar surface area (TPSA) is 40.5 Å². The van der Waals surface area contributed by atoms with E-state index in [1.54, 1.807) is 19.9 Å². The van der Waals surface area contributed by atoms with Gasteiger partial charge in [0.25, 0.3) is 0 Å². The van der Waals surface area contributed by atoms with Crippen LogP contribution in [-0.2, 0) is 4.79 Å². The molecule has 0 aromatic heterocycles. The van der Waals surface area contributed by atoms with Gasteiger partial charge < -0.3 is 10.0 Å². The number of benzene rings is 1. The normalized spacial score (nSPS) is 11.9. The summed E-state index contributed by atoms with van der Waals surface area (Å²) >= 11 is 5.88. The monoisotopic (exact) mass is 299 g/mol. The Hall–Kier alpha value is -1.39. The molecule has 0 aliphatic heterocycles. The van der Waals surface area contributed by atoms with Crippen LogP contribution >= 0.6 is 11.6 Å². The van der Waals surface area contributed by atoms with Gasteiger partial charge in [-0.2, -0.15) is 0 Å². The highest BCUT2D eigenvalue weighted by atomic mass is 35.5. The van der Waals surface area contributed by atoms with Gasteiger partial charge in [0, 0.05) is 24.7 Å². The number of nitrogens with zero attached hydrogens (tertiary/aromatic N) is 1. The molecule has 3 nitrogen and oxygen atoms in total. The number of carbonyl (C=O) groups is 1. The van der Waals surface area contributed by atoms with Gasteiger partial charge in [-0.3, -0.25) is 4.79 Å². The van der Waals surface area contributed by atoms with Crippen molar-refractivity contribution in [2.24, 2.45) is 0 Å². The third-order valence-corrected chi connectivity index (χ3v) is 2.99. The van der Waals surface area contributed by atoms with E-state index in [0.29, 0.717) is 6.54 Å². The Balaban J connectivity index is 2.86. The number of amides is 1. The van der Waals surface area contributed by atoms with Crippen molar-refractivity contribution in [3.63, 3.8) is 0 Å². The summed E-state index contributed by atoms with van der Waals surface area (Å²) in [5, 5.41) is 9.99. The first-order valence-electron chi connectivity index (χ1n) is 6.38. The lowest BCUT2D eigenvalue weighted by Crippen LogP contribution is -2.41. The summed E-state index contributed by atoms with van der Waals surface area (Å²) in [5.41, 5.74) is -0.795. The number of carbonyl (C=O) groups excluding carboxylic acids is 1. The molecule has 0 aliphatic carbocycles. The fourth-order valence-corrected chi connectivity index (χ4v) is 1.97. The third kappa shape index (κ3) is 4.94. The van der Waals surface area contributed by atoms with Crippen molar-refractivity contribution in [2.45, 2.75) is 26.4 Å². The Morgan fingerprint density at radius 1 is 1.50 bits per heavy atom. The SMILES string of the molecule is CCN(CC(C)(C)O)C(=O)C=Cc1c(F)cccc1Cl. The van der Waals surface area contributed by atoms with Crippen molar-refractivity contribution in [1.82, 2.24) is 4.90 Å².